The van der Waals surface area contributed by atoms with Crippen LogP contribution in [0.5, 0.6) is 0 Å². The van der Waals surface area contributed by atoms with E-state index < -0.39 is 0 Å². The van der Waals surface area contributed by atoms with Crippen LogP contribution in [0.2, 0.25) is 0 Å². The molecule has 2 unspecified atom stereocenters. The molecule has 0 spiro atoms. The summed E-state index contributed by atoms with van der Waals surface area (Å²) >= 11 is 0. The van der Waals surface area contributed by atoms with Crippen LogP contribution in [0.4, 0.5) is 0 Å². The second-order valence-electron chi connectivity index (χ2n) is 7.38. The fourth-order valence-corrected chi connectivity index (χ4v) is 4.52. The van der Waals surface area contributed by atoms with Gasteiger partial charge < -0.3 is 4.90 Å². The van der Waals surface area contributed by atoms with Gasteiger partial charge in [-0.2, -0.15) is 0 Å². The molecular weight excluding hydrogens is 294 g/mol. The molecule has 124 valence electrons. The number of benzene rings is 2. The molecule has 0 aliphatic carbocycles. The third-order valence-corrected chi connectivity index (χ3v) is 5.99. The number of rotatable bonds is 3. The number of hydrogen-bond acceptors (Lipinski definition) is 2. The maximum absolute atomic E-state index is 13.0. The molecule has 2 saturated heterocycles. The van der Waals surface area contributed by atoms with E-state index >= 15 is 0 Å². The first-order valence-corrected chi connectivity index (χ1v) is 9.14. The number of carbonyl (C=O) groups is 1. The van der Waals surface area contributed by atoms with E-state index in [1.54, 1.807) is 0 Å². The normalized spacial score (nSPS) is 27.0. The van der Waals surface area contributed by atoms with E-state index in [4.69, 9.17) is 0 Å². The summed E-state index contributed by atoms with van der Waals surface area (Å²) in [4.78, 5) is 15.5. The van der Waals surface area contributed by atoms with E-state index in [2.05, 4.69) is 36.2 Å². The van der Waals surface area contributed by atoms with Gasteiger partial charge in [-0.1, -0.05) is 61.0 Å². The lowest BCUT2D eigenvalue weighted by atomic mass is 9.76. The van der Waals surface area contributed by atoms with Crippen molar-refractivity contribution in [1.82, 2.24) is 4.90 Å². The lowest BCUT2D eigenvalue weighted by Gasteiger charge is -2.46. The van der Waals surface area contributed by atoms with Crippen molar-refractivity contribution in [2.24, 2.45) is 5.92 Å². The smallest absolute Gasteiger partial charge is 0.166 e. The summed E-state index contributed by atoms with van der Waals surface area (Å²) in [6, 6.07) is 19.7. The number of hydrogen-bond donors (Lipinski definition) is 0. The molecule has 2 aromatic carbocycles. The lowest BCUT2D eigenvalue weighted by Crippen LogP contribution is -2.51. The first-order valence-electron chi connectivity index (χ1n) is 9.14. The van der Waals surface area contributed by atoms with Crippen LogP contribution < -0.4 is 0 Å². The minimum Gasteiger partial charge on any atom is -0.300 e. The molecule has 2 nitrogen and oxygen atoms in total. The topological polar surface area (TPSA) is 20.3 Å². The fourth-order valence-electron chi connectivity index (χ4n) is 4.52. The first-order chi connectivity index (χ1) is 11.7. The molecule has 2 aliphatic heterocycles. The third kappa shape index (κ3) is 2.91. The van der Waals surface area contributed by atoms with E-state index in [0.29, 0.717) is 17.9 Å². The van der Waals surface area contributed by atoms with Gasteiger partial charge in [0.25, 0.3) is 0 Å². The van der Waals surface area contributed by atoms with E-state index in [9.17, 15) is 4.79 Å². The molecule has 0 radical (unpaired) electrons. The van der Waals surface area contributed by atoms with Crippen molar-refractivity contribution in [1.29, 1.82) is 0 Å². The maximum Gasteiger partial charge on any atom is 0.166 e. The second-order valence-corrected chi connectivity index (χ2v) is 7.38. The highest BCUT2D eigenvalue weighted by Crippen LogP contribution is 2.37. The number of fused-ring (bicyclic) bond motifs is 2. The van der Waals surface area contributed by atoms with Crippen molar-refractivity contribution in [3.63, 3.8) is 0 Å². The Hall–Kier alpha value is -1.93. The Balaban J connectivity index is 1.51. The number of piperidine rings is 2. The molecule has 2 atom stereocenters. The minimum atomic E-state index is 0.207. The van der Waals surface area contributed by atoms with Gasteiger partial charge in [-0.15, -0.1) is 0 Å². The van der Waals surface area contributed by atoms with Crippen molar-refractivity contribution in [2.45, 2.75) is 44.2 Å². The highest BCUT2D eigenvalue weighted by atomic mass is 16.1. The van der Waals surface area contributed by atoms with E-state index in [1.807, 2.05) is 30.3 Å². The second kappa shape index (κ2) is 6.52. The molecule has 0 aromatic heterocycles. The Morgan fingerprint density at radius 1 is 0.875 bits per heavy atom. The van der Waals surface area contributed by atoms with Gasteiger partial charge in [0, 0.05) is 23.6 Å². The summed E-state index contributed by atoms with van der Waals surface area (Å²) in [6.07, 6.45) is 5.90. The van der Waals surface area contributed by atoms with Gasteiger partial charge in [0.2, 0.25) is 0 Å². The van der Waals surface area contributed by atoms with Crippen LogP contribution in [0.1, 0.15) is 42.5 Å². The number of carbonyl (C=O) groups excluding carboxylic acids is 1. The standard InChI is InChI=1S/C22H25NO/c1-23-20-8-5-9-21(23)15-19(14-20)22(24)18-12-10-17(11-13-18)16-6-3-2-4-7-16/h2-4,6-7,10-13,19-21H,5,8-9,14-15H2,1H3. The zero-order chi connectivity index (χ0) is 16.5. The van der Waals surface area contributed by atoms with E-state index in [0.717, 1.165) is 18.4 Å². The van der Waals surface area contributed by atoms with Gasteiger partial charge in [-0.05, 0) is 43.9 Å². The summed E-state index contributed by atoms with van der Waals surface area (Å²) in [5.74, 6) is 0.554. The van der Waals surface area contributed by atoms with Gasteiger partial charge in [0.05, 0.1) is 0 Å². The Kier molecular flexibility index (Phi) is 4.24. The van der Waals surface area contributed by atoms with E-state index in [1.165, 1.54) is 30.4 Å². The van der Waals surface area contributed by atoms with Crippen LogP contribution in [-0.4, -0.2) is 29.8 Å². The third-order valence-electron chi connectivity index (χ3n) is 5.99. The average Bonchev–Trinajstić information content (AvgIpc) is 2.62. The molecule has 4 rings (SSSR count). The molecule has 2 aliphatic rings. The summed E-state index contributed by atoms with van der Waals surface area (Å²) in [5.41, 5.74) is 3.25. The molecule has 24 heavy (non-hydrogen) atoms. The highest BCUT2D eigenvalue weighted by Gasteiger charge is 2.38. The fraction of sp³-hybridized carbons (Fsp3) is 0.409. The molecule has 0 N–H and O–H groups in total. The predicted octanol–water partition coefficient (Wildman–Crippen LogP) is 4.80. The van der Waals surface area contributed by atoms with Gasteiger partial charge in [0.1, 0.15) is 0 Å². The van der Waals surface area contributed by atoms with Gasteiger partial charge in [0.15, 0.2) is 5.78 Å². The van der Waals surface area contributed by atoms with Crippen molar-refractivity contribution in [3.8, 4) is 11.1 Å². The van der Waals surface area contributed by atoms with Gasteiger partial charge in [-0.3, -0.25) is 4.79 Å². The first kappa shape index (κ1) is 15.6. The highest BCUT2D eigenvalue weighted by molar-refractivity contribution is 5.98. The molecule has 2 heteroatoms. The van der Waals surface area contributed by atoms with Crippen LogP contribution in [0.15, 0.2) is 54.6 Å². The summed E-state index contributed by atoms with van der Waals surface area (Å²) < 4.78 is 0. The molecule has 0 saturated carbocycles. The molecule has 0 amide bonds. The van der Waals surface area contributed by atoms with E-state index in [-0.39, 0.29) is 5.92 Å². The maximum atomic E-state index is 13.0. The van der Waals surface area contributed by atoms with Crippen molar-refractivity contribution >= 4 is 5.78 Å². The number of ketones is 1. The zero-order valence-electron chi connectivity index (χ0n) is 14.3. The van der Waals surface area contributed by atoms with Gasteiger partial charge in [-0.25, -0.2) is 0 Å². The van der Waals surface area contributed by atoms with Crippen molar-refractivity contribution < 1.29 is 4.79 Å². The Bertz CT molecular complexity index is 693. The molecular formula is C22H25NO. The molecule has 2 aromatic rings. The summed E-state index contributed by atoms with van der Waals surface area (Å²) in [5, 5.41) is 0. The minimum absolute atomic E-state index is 0.207. The molecule has 2 heterocycles. The molecule has 2 bridgehead atoms. The van der Waals surface area contributed by atoms with Crippen LogP contribution >= 0.6 is 0 Å². The zero-order valence-corrected chi connectivity index (χ0v) is 14.3. The summed E-state index contributed by atoms with van der Waals surface area (Å²) in [7, 11) is 2.24. The SMILES string of the molecule is CN1C2CCCC1CC(C(=O)c1ccc(-c3ccccc3)cc1)C2. The van der Waals surface area contributed by atoms with Crippen LogP contribution in [0, 0.1) is 5.92 Å². The number of Topliss-reactive ketones (excluding diaryl/α,β-unsaturated/α-hetero) is 1. The van der Waals surface area contributed by atoms with Crippen molar-refractivity contribution in [2.75, 3.05) is 7.05 Å². The lowest BCUT2D eigenvalue weighted by molar-refractivity contribution is 0.0338. The summed E-state index contributed by atoms with van der Waals surface area (Å²) in [6.45, 7) is 0. The van der Waals surface area contributed by atoms with Crippen LogP contribution in [-0.2, 0) is 0 Å². The Morgan fingerprint density at radius 3 is 2.08 bits per heavy atom. The molecule has 2 fully saturated rings. The predicted molar refractivity (Wildman–Crippen MR) is 98.1 cm³/mol. The quantitative estimate of drug-likeness (QED) is 0.757. The Labute approximate surface area is 144 Å². The average molecular weight is 319 g/mol. The monoisotopic (exact) mass is 319 g/mol. The van der Waals surface area contributed by atoms with Crippen LogP contribution in [0.25, 0.3) is 11.1 Å². The van der Waals surface area contributed by atoms with Crippen LogP contribution in [0.3, 0.4) is 0 Å². The Morgan fingerprint density at radius 2 is 1.46 bits per heavy atom. The number of nitrogens with zero attached hydrogens (tertiary/aromatic N) is 1. The van der Waals surface area contributed by atoms with Crippen molar-refractivity contribution in [3.05, 3.63) is 60.2 Å². The largest absolute Gasteiger partial charge is 0.300 e. The van der Waals surface area contributed by atoms with Gasteiger partial charge >= 0.3 is 0 Å².